The monoisotopic (exact) mass is 347 g/mol. The van der Waals surface area contributed by atoms with Gasteiger partial charge >= 0.3 is 6.09 Å². The minimum Gasteiger partial charge on any atom is -0.501 e. The summed E-state index contributed by atoms with van der Waals surface area (Å²) in [5.74, 6) is -1.22. The van der Waals surface area contributed by atoms with Crippen molar-refractivity contribution < 1.29 is 24.2 Å². The number of aliphatic hydroxyl groups excluding tert-OH is 1. The first kappa shape index (κ1) is 19.0. The molecular formula is C19H25NO5. The van der Waals surface area contributed by atoms with Crippen molar-refractivity contribution in [3.05, 3.63) is 47.7 Å². The minimum absolute atomic E-state index is 0.163. The van der Waals surface area contributed by atoms with Gasteiger partial charge in [-0.2, -0.15) is 0 Å². The first-order valence-electron chi connectivity index (χ1n) is 8.45. The topological polar surface area (TPSA) is 76.1 Å². The molecule has 1 aliphatic heterocycles. The smallest absolute Gasteiger partial charge is 0.416 e. The highest BCUT2D eigenvalue weighted by molar-refractivity contribution is 5.95. The van der Waals surface area contributed by atoms with Crippen LogP contribution >= 0.6 is 0 Å². The van der Waals surface area contributed by atoms with E-state index in [0.717, 1.165) is 10.5 Å². The number of rotatable bonds is 7. The van der Waals surface area contributed by atoms with E-state index in [-0.39, 0.29) is 12.6 Å². The molecule has 1 N–H and O–H groups in total. The number of benzene rings is 1. The van der Waals surface area contributed by atoms with Gasteiger partial charge in [0.1, 0.15) is 6.61 Å². The summed E-state index contributed by atoms with van der Waals surface area (Å²) in [5.41, 5.74) is 1.55. The average molecular weight is 347 g/mol. The van der Waals surface area contributed by atoms with Gasteiger partial charge in [-0.15, -0.1) is 0 Å². The zero-order valence-corrected chi connectivity index (χ0v) is 14.8. The van der Waals surface area contributed by atoms with Crippen LogP contribution in [0.25, 0.3) is 0 Å². The van der Waals surface area contributed by atoms with Crippen molar-refractivity contribution in [2.24, 2.45) is 5.92 Å². The number of carbonyl (C=O) groups excluding carboxylic acids is 2. The molecule has 0 unspecified atom stereocenters. The third kappa shape index (κ3) is 4.60. The Labute approximate surface area is 148 Å². The molecule has 6 nitrogen and oxygen atoms in total. The SMILES string of the molecule is CCO/C=C(\C)[C@@H](O)[C@H](C)C(=O)N1C(=O)OC[C@@H]1Cc1ccccc1. The molecule has 136 valence electrons. The van der Waals surface area contributed by atoms with Gasteiger partial charge in [-0.3, -0.25) is 4.79 Å². The molecule has 1 saturated heterocycles. The molecule has 3 atom stereocenters. The number of hydrogen-bond acceptors (Lipinski definition) is 5. The highest BCUT2D eigenvalue weighted by Crippen LogP contribution is 2.23. The maximum absolute atomic E-state index is 12.8. The molecule has 2 rings (SSSR count). The molecule has 1 fully saturated rings. The van der Waals surface area contributed by atoms with Crippen molar-refractivity contribution in [2.75, 3.05) is 13.2 Å². The maximum Gasteiger partial charge on any atom is 0.416 e. The summed E-state index contributed by atoms with van der Waals surface area (Å²) in [6, 6.07) is 9.25. The Morgan fingerprint density at radius 1 is 1.44 bits per heavy atom. The van der Waals surface area contributed by atoms with Crippen LogP contribution in [-0.2, 0) is 20.7 Å². The molecule has 6 heteroatoms. The number of hydrogen-bond donors (Lipinski definition) is 1. The van der Waals surface area contributed by atoms with Gasteiger partial charge < -0.3 is 14.6 Å². The Morgan fingerprint density at radius 3 is 2.76 bits per heavy atom. The third-order valence-electron chi connectivity index (χ3n) is 4.28. The molecule has 25 heavy (non-hydrogen) atoms. The fraction of sp³-hybridized carbons (Fsp3) is 0.474. The van der Waals surface area contributed by atoms with Crippen LogP contribution in [-0.4, -0.2) is 47.4 Å². The first-order chi connectivity index (χ1) is 12.0. The lowest BCUT2D eigenvalue weighted by molar-refractivity contribution is -0.135. The van der Waals surface area contributed by atoms with Crippen molar-refractivity contribution in [1.82, 2.24) is 4.90 Å². The second kappa shape index (κ2) is 8.67. The van der Waals surface area contributed by atoms with E-state index in [9.17, 15) is 14.7 Å². The van der Waals surface area contributed by atoms with Crippen LogP contribution < -0.4 is 0 Å². The van der Waals surface area contributed by atoms with Crippen LogP contribution in [0.5, 0.6) is 0 Å². The van der Waals surface area contributed by atoms with Gasteiger partial charge in [0.15, 0.2) is 0 Å². The zero-order valence-electron chi connectivity index (χ0n) is 14.8. The summed E-state index contributed by atoms with van der Waals surface area (Å²) < 4.78 is 10.2. The molecular weight excluding hydrogens is 322 g/mol. The minimum atomic E-state index is -1.02. The molecule has 0 bridgehead atoms. The van der Waals surface area contributed by atoms with Gasteiger partial charge in [0.05, 0.1) is 30.9 Å². The quantitative estimate of drug-likeness (QED) is 0.767. The first-order valence-corrected chi connectivity index (χ1v) is 8.45. The van der Waals surface area contributed by atoms with Crippen molar-refractivity contribution >= 4 is 12.0 Å². The predicted molar refractivity (Wildman–Crippen MR) is 92.7 cm³/mol. The average Bonchev–Trinajstić information content (AvgIpc) is 2.98. The van der Waals surface area contributed by atoms with Gasteiger partial charge in [0.2, 0.25) is 5.91 Å². The molecule has 0 saturated carbocycles. The lowest BCUT2D eigenvalue weighted by Crippen LogP contribution is -2.45. The molecule has 2 amide bonds. The summed E-state index contributed by atoms with van der Waals surface area (Å²) in [4.78, 5) is 26.0. The van der Waals surface area contributed by atoms with Gasteiger partial charge in [-0.1, -0.05) is 37.3 Å². The number of nitrogens with zero attached hydrogens (tertiary/aromatic N) is 1. The number of amides is 2. The maximum atomic E-state index is 12.8. The largest absolute Gasteiger partial charge is 0.501 e. The molecule has 0 aliphatic carbocycles. The van der Waals surface area contributed by atoms with Gasteiger partial charge in [-0.05, 0) is 31.4 Å². The van der Waals surface area contributed by atoms with Crippen LogP contribution in [0.3, 0.4) is 0 Å². The Hall–Kier alpha value is -2.34. The van der Waals surface area contributed by atoms with E-state index in [1.807, 2.05) is 37.3 Å². The van der Waals surface area contributed by atoms with Crippen LogP contribution in [0.4, 0.5) is 4.79 Å². The van der Waals surface area contributed by atoms with Crippen LogP contribution in [0.15, 0.2) is 42.2 Å². The fourth-order valence-electron chi connectivity index (χ4n) is 2.80. The lowest BCUT2D eigenvalue weighted by Gasteiger charge is -2.26. The molecule has 1 aromatic rings. The summed E-state index contributed by atoms with van der Waals surface area (Å²) in [7, 11) is 0. The lowest BCUT2D eigenvalue weighted by atomic mass is 9.96. The summed E-state index contributed by atoms with van der Waals surface area (Å²) in [6.07, 6.45) is 0.286. The second-order valence-electron chi connectivity index (χ2n) is 6.18. The number of aliphatic hydroxyl groups is 1. The number of carbonyl (C=O) groups is 2. The number of imide groups is 1. The molecule has 1 heterocycles. The molecule has 1 aliphatic rings. The van der Waals surface area contributed by atoms with Crippen LogP contribution in [0.1, 0.15) is 26.3 Å². The Balaban J connectivity index is 2.10. The Morgan fingerprint density at radius 2 is 2.12 bits per heavy atom. The van der Waals surface area contributed by atoms with E-state index in [1.165, 1.54) is 6.26 Å². The van der Waals surface area contributed by atoms with E-state index < -0.39 is 24.0 Å². The van der Waals surface area contributed by atoms with Crippen molar-refractivity contribution in [3.8, 4) is 0 Å². The standard InChI is InChI=1S/C19H25NO5/c1-4-24-11-13(2)17(21)14(3)18(22)20-16(12-25-19(20)23)10-15-8-6-5-7-9-15/h5-9,11,14,16-17,21H,4,10,12H2,1-3H3/b13-11+/t14-,16-,17+/m0/s1. The molecule has 0 spiro atoms. The summed E-state index contributed by atoms with van der Waals surface area (Å²) >= 11 is 0. The van der Waals surface area contributed by atoms with Crippen molar-refractivity contribution in [1.29, 1.82) is 0 Å². The van der Waals surface area contributed by atoms with Crippen molar-refractivity contribution in [2.45, 2.75) is 39.3 Å². The Bertz CT molecular complexity index is 628. The molecule has 0 aromatic heterocycles. The fourth-order valence-corrected chi connectivity index (χ4v) is 2.80. The number of ether oxygens (including phenoxy) is 2. The van der Waals surface area contributed by atoms with Gasteiger partial charge in [0, 0.05) is 0 Å². The van der Waals surface area contributed by atoms with E-state index in [1.54, 1.807) is 13.8 Å². The van der Waals surface area contributed by atoms with Gasteiger partial charge in [-0.25, -0.2) is 9.69 Å². The summed E-state index contributed by atoms with van der Waals surface area (Å²) in [6.45, 7) is 5.76. The number of cyclic esters (lactones) is 1. The highest BCUT2D eigenvalue weighted by atomic mass is 16.6. The van der Waals surface area contributed by atoms with E-state index in [0.29, 0.717) is 18.6 Å². The molecule has 0 radical (unpaired) electrons. The van der Waals surface area contributed by atoms with E-state index in [2.05, 4.69) is 0 Å². The van der Waals surface area contributed by atoms with E-state index in [4.69, 9.17) is 9.47 Å². The highest BCUT2D eigenvalue weighted by Gasteiger charge is 2.41. The Kier molecular flexibility index (Phi) is 6.58. The van der Waals surface area contributed by atoms with Crippen LogP contribution in [0, 0.1) is 5.92 Å². The zero-order chi connectivity index (χ0) is 18.4. The van der Waals surface area contributed by atoms with Crippen LogP contribution in [0.2, 0.25) is 0 Å². The van der Waals surface area contributed by atoms with Crippen molar-refractivity contribution in [3.63, 3.8) is 0 Å². The van der Waals surface area contributed by atoms with E-state index >= 15 is 0 Å². The normalized spacial score (nSPS) is 20.2. The summed E-state index contributed by atoms with van der Waals surface area (Å²) in [5, 5.41) is 10.4. The third-order valence-corrected chi connectivity index (χ3v) is 4.28. The molecule has 1 aromatic carbocycles. The predicted octanol–water partition coefficient (Wildman–Crippen LogP) is 2.51. The van der Waals surface area contributed by atoms with Gasteiger partial charge in [0.25, 0.3) is 0 Å². The second-order valence-corrected chi connectivity index (χ2v) is 6.18.